The minimum atomic E-state index is 0.179. The third-order valence-electron chi connectivity index (χ3n) is 3.77. The Morgan fingerprint density at radius 1 is 1.43 bits per heavy atom. The van der Waals surface area contributed by atoms with Gasteiger partial charge < -0.3 is 14.8 Å². The quantitative estimate of drug-likeness (QED) is 0.873. The lowest BCUT2D eigenvalue weighted by atomic mass is 9.98. The summed E-state index contributed by atoms with van der Waals surface area (Å²) in [5.74, 6) is 0.934. The number of rotatable bonds is 6. The summed E-state index contributed by atoms with van der Waals surface area (Å²) in [7, 11) is 2.17. The Morgan fingerprint density at radius 2 is 2.24 bits per heavy atom. The number of nitrogens with one attached hydrogen (secondary N) is 1. The SMILES string of the molecule is CCNCC1OCCN(C)C1c1cccc(OC(C)C)c1. The van der Waals surface area contributed by atoms with Crippen LogP contribution in [-0.4, -0.2) is 50.4 Å². The molecular formula is C17H28N2O2. The summed E-state index contributed by atoms with van der Waals surface area (Å²) < 4.78 is 11.8. The van der Waals surface area contributed by atoms with Crippen molar-refractivity contribution in [2.75, 3.05) is 33.3 Å². The molecule has 1 fully saturated rings. The maximum Gasteiger partial charge on any atom is 0.120 e. The molecule has 2 unspecified atom stereocenters. The maximum atomic E-state index is 5.99. The highest BCUT2D eigenvalue weighted by molar-refractivity contribution is 5.31. The standard InChI is InChI=1S/C17H28N2O2/c1-5-18-12-16-17(19(4)9-10-20-16)14-7-6-8-15(11-14)21-13(2)3/h6-8,11,13,16-18H,5,9-10,12H2,1-4H3. The second kappa shape index (κ2) is 7.78. The minimum absolute atomic E-state index is 0.179. The Kier molecular flexibility index (Phi) is 6.03. The van der Waals surface area contributed by atoms with E-state index in [0.29, 0.717) is 0 Å². The Labute approximate surface area is 128 Å². The molecule has 1 aromatic carbocycles. The Bertz CT molecular complexity index is 437. The largest absolute Gasteiger partial charge is 0.491 e. The van der Waals surface area contributed by atoms with E-state index in [1.807, 2.05) is 6.07 Å². The van der Waals surface area contributed by atoms with E-state index in [-0.39, 0.29) is 18.2 Å². The number of benzene rings is 1. The highest BCUT2D eigenvalue weighted by atomic mass is 16.5. The van der Waals surface area contributed by atoms with Crippen molar-refractivity contribution >= 4 is 0 Å². The predicted molar refractivity (Wildman–Crippen MR) is 85.9 cm³/mol. The van der Waals surface area contributed by atoms with Gasteiger partial charge in [-0.15, -0.1) is 0 Å². The van der Waals surface area contributed by atoms with E-state index in [2.05, 4.69) is 56.2 Å². The smallest absolute Gasteiger partial charge is 0.120 e. The van der Waals surface area contributed by atoms with Crippen LogP contribution < -0.4 is 10.1 Å². The molecule has 118 valence electrons. The molecule has 1 N–H and O–H groups in total. The molecule has 0 bridgehead atoms. The van der Waals surface area contributed by atoms with E-state index in [0.717, 1.165) is 32.0 Å². The molecule has 1 heterocycles. The molecule has 2 rings (SSSR count). The van der Waals surface area contributed by atoms with Gasteiger partial charge in [0.05, 0.1) is 24.9 Å². The highest BCUT2D eigenvalue weighted by Crippen LogP contribution is 2.30. The third kappa shape index (κ3) is 4.43. The van der Waals surface area contributed by atoms with Crippen LogP contribution in [0.25, 0.3) is 0 Å². The van der Waals surface area contributed by atoms with E-state index in [9.17, 15) is 0 Å². The molecule has 4 heteroatoms. The van der Waals surface area contributed by atoms with Crippen LogP contribution in [-0.2, 0) is 4.74 Å². The normalized spacial score (nSPS) is 23.5. The van der Waals surface area contributed by atoms with Gasteiger partial charge in [-0.3, -0.25) is 4.90 Å². The van der Waals surface area contributed by atoms with Gasteiger partial charge in [-0.2, -0.15) is 0 Å². The number of hydrogen-bond donors (Lipinski definition) is 1. The van der Waals surface area contributed by atoms with Gasteiger partial charge in [0.2, 0.25) is 0 Å². The molecule has 4 nitrogen and oxygen atoms in total. The predicted octanol–water partition coefficient (Wildman–Crippen LogP) is 2.46. The Hall–Kier alpha value is -1.10. The first-order valence-electron chi connectivity index (χ1n) is 7.91. The van der Waals surface area contributed by atoms with Crippen LogP contribution in [0.4, 0.5) is 0 Å². The average molecular weight is 292 g/mol. The summed E-state index contributed by atoms with van der Waals surface area (Å²) in [5, 5.41) is 3.40. The van der Waals surface area contributed by atoms with Gasteiger partial charge in [0.15, 0.2) is 0 Å². The van der Waals surface area contributed by atoms with Gasteiger partial charge in [-0.05, 0) is 45.1 Å². The van der Waals surface area contributed by atoms with Crippen molar-refractivity contribution in [1.29, 1.82) is 0 Å². The first-order chi connectivity index (χ1) is 10.1. The van der Waals surface area contributed by atoms with Crippen molar-refractivity contribution in [1.82, 2.24) is 10.2 Å². The van der Waals surface area contributed by atoms with Gasteiger partial charge >= 0.3 is 0 Å². The summed E-state index contributed by atoms with van der Waals surface area (Å²) in [6.45, 7) is 9.83. The summed E-state index contributed by atoms with van der Waals surface area (Å²) in [5.41, 5.74) is 1.26. The fourth-order valence-corrected chi connectivity index (χ4v) is 2.83. The number of nitrogens with zero attached hydrogens (tertiary/aromatic N) is 1. The van der Waals surface area contributed by atoms with E-state index in [1.165, 1.54) is 5.56 Å². The number of morpholine rings is 1. The molecule has 0 aromatic heterocycles. The molecule has 21 heavy (non-hydrogen) atoms. The first-order valence-corrected chi connectivity index (χ1v) is 7.91. The number of hydrogen-bond acceptors (Lipinski definition) is 4. The lowest BCUT2D eigenvalue weighted by Gasteiger charge is -2.39. The maximum absolute atomic E-state index is 5.99. The van der Waals surface area contributed by atoms with Crippen molar-refractivity contribution in [3.63, 3.8) is 0 Å². The van der Waals surface area contributed by atoms with Crippen LogP contribution in [0.15, 0.2) is 24.3 Å². The van der Waals surface area contributed by atoms with Gasteiger partial charge in [-0.25, -0.2) is 0 Å². The molecule has 0 amide bonds. The Balaban J connectivity index is 2.18. The molecule has 0 saturated carbocycles. The molecule has 2 atom stereocenters. The summed E-state index contributed by atoms with van der Waals surface area (Å²) in [6, 6.07) is 8.68. The topological polar surface area (TPSA) is 33.7 Å². The lowest BCUT2D eigenvalue weighted by molar-refractivity contribution is -0.0612. The van der Waals surface area contributed by atoms with Crippen LogP contribution in [0.2, 0.25) is 0 Å². The number of ether oxygens (including phenoxy) is 2. The first kappa shape index (κ1) is 16.3. The van der Waals surface area contributed by atoms with Crippen molar-refractivity contribution in [2.45, 2.75) is 39.0 Å². The van der Waals surface area contributed by atoms with Crippen LogP contribution in [0.5, 0.6) is 5.75 Å². The average Bonchev–Trinajstić information content (AvgIpc) is 2.44. The molecule has 1 aliphatic heterocycles. The molecule has 0 spiro atoms. The summed E-state index contributed by atoms with van der Waals surface area (Å²) in [4.78, 5) is 2.37. The van der Waals surface area contributed by atoms with Crippen molar-refractivity contribution in [2.24, 2.45) is 0 Å². The Morgan fingerprint density at radius 3 is 2.95 bits per heavy atom. The van der Waals surface area contributed by atoms with Gasteiger partial charge in [0, 0.05) is 13.1 Å². The zero-order chi connectivity index (χ0) is 15.2. The minimum Gasteiger partial charge on any atom is -0.491 e. The van der Waals surface area contributed by atoms with Crippen molar-refractivity contribution in [3.8, 4) is 5.75 Å². The fourth-order valence-electron chi connectivity index (χ4n) is 2.83. The molecular weight excluding hydrogens is 264 g/mol. The van der Waals surface area contributed by atoms with E-state index < -0.39 is 0 Å². The highest BCUT2D eigenvalue weighted by Gasteiger charge is 2.31. The van der Waals surface area contributed by atoms with Crippen LogP contribution in [0.3, 0.4) is 0 Å². The van der Waals surface area contributed by atoms with Crippen molar-refractivity contribution < 1.29 is 9.47 Å². The van der Waals surface area contributed by atoms with Gasteiger partial charge in [-0.1, -0.05) is 19.1 Å². The summed E-state index contributed by atoms with van der Waals surface area (Å²) in [6.07, 6.45) is 0.371. The summed E-state index contributed by atoms with van der Waals surface area (Å²) >= 11 is 0. The zero-order valence-electron chi connectivity index (χ0n) is 13.6. The van der Waals surface area contributed by atoms with E-state index in [4.69, 9.17) is 9.47 Å². The number of likely N-dealkylation sites (N-methyl/N-ethyl adjacent to an activating group) is 2. The fraction of sp³-hybridized carbons (Fsp3) is 0.647. The monoisotopic (exact) mass is 292 g/mol. The zero-order valence-corrected chi connectivity index (χ0v) is 13.6. The molecule has 1 aromatic rings. The third-order valence-corrected chi connectivity index (χ3v) is 3.77. The van der Waals surface area contributed by atoms with Crippen LogP contribution in [0.1, 0.15) is 32.4 Å². The molecule has 0 aliphatic carbocycles. The van der Waals surface area contributed by atoms with E-state index in [1.54, 1.807) is 0 Å². The van der Waals surface area contributed by atoms with Crippen LogP contribution in [0, 0.1) is 0 Å². The second-order valence-corrected chi connectivity index (χ2v) is 5.88. The van der Waals surface area contributed by atoms with E-state index >= 15 is 0 Å². The van der Waals surface area contributed by atoms with Gasteiger partial charge in [0.25, 0.3) is 0 Å². The van der Waals surface area contributed by atoms with Gasteiger partial charge in [0.1, 0.15) is 5.75 Å². The van der Waals surface area contributed by atoms with Crippen LogP contribution >= 0.6 is 0 Å². The lowest BCUT2D eigenvalue weighted by Crippen LogP contribution is -2.47. The molecule has 1 aliphatic rings. The van der Waals surface area contributed by atoms with Crippen molar-refractivity contribution in [3.05, 3.63) is 29.8 Å². The molecule has 0 radical (unpaired) electrons. The molecule has 1 saturated heterocycles. The second-order valence-electron chi connectivity index (χ2n) is 5.88.